The van der Waals surface area contributed by atoms with Gasteiger partial charge in [-0.2, -0.15) is 0 Å². The van der Waals surface area contributed by atoms with Gasteiger partial charge in [-0.15, -0.1) is 11.6 Å². The van der Waals surface area contributed by atoms with Gasteiger partial charge >= 0.3 is 0 Å². The van der Waals surface area contributed by atoms with Crippen molar-refractivity contribution >= 4 is 29.0 Å². The summed E-state index contributed by atoms with van der Waals surface area (Å²) < 4.78 is 0. The SMILES string of the molecule is CC(C)C1CCCN1c1ccc(Cl)c(CCl)n1. The first-order valence-electron chi connectivity index (χ1n) is 6.11. The van der Waals surface area contributed by atoms with Crippen molar-refractivity contribution in [2.75, 3.05) is 11.4 Å². The lowest BCUT2D eigenvalue weighted by molar-refractivity contribution is 0.489. The van der Waals surface area contributed by atoms with Crippen LogP contribution in [0, 0.1) is 5.92 Å². The summed E-state index contributed by atoms with van der Waals surface area (Å²) in [4.78, 5) is 6.95. The van der Waals surface area contributed by atoms with E-state index in [1.54, 1.807) is 0 Å². The summed E-state index contributed by atoms with van der Waals surface area (Å²) in [5.74, 6) is 2.03. The minimum Gasteiger partial charge on any atom is -0.353 e. The Morgan fingerprint density at radius 3 is 2.88 bits per heavy atom. The molecule has 0 N–H and O–H groups in total. The molecule has 2 rings (SSSR count). The largest absolute Gasteiger partial charge is 0.353 e. The van der Waals surface area contributed by atoms with Crippen molar-refractivity contribution in [3.8, 4) is 0 Å². The number of hydrogen-bond donors (Lipinski definition) is 0. The van der Waals surface area contributed by atoms with Crippen LogP contribution in [0.3, 0.4) is 0 Å². The van der Waals surface area contributed by atoms with Crippen molar-refractivity contribution in [2.24, 2.45) is 5.92 Å². The van der Waals surface area contributed by atoms with Gasteiger partial charge < -0.3 is 4.90 Å². The van der Waals surface area contributed by atoms with Gasteiger partial charge in [0.15, 0.2) is 0 Å². The van der Waals surface area contributed by atoms with E-state index in [0.29, 0.717) is 22.9 Å². The van der Waals surface area contributed by atoms with E-state index in [-0.39, 0.29) is 0 Å². The van der Waals surface area contributed by atoms with E-state index < -0.39 is 0 Å². The van der Waals surface area contributed by atoms with Crippen LogP contribution in [0.2, 0.25) is 5.02 Å². The molecule has 0 aliphatic carbocycles. The quantitative estimate of drug-likeness (QED) is 0.771. The molecule has 4 heteroatoms. The van der Waals surface area contributed by atoms with Crippen molar-refractivity contribution in [1.29, 1.82) is 0 Å². The zero-order valence-corrected chi connectivity index (χ0v) is 11.8. The van der Waals surface area contributed by atoms with Crippen LogP contribution in [0.15, 0.2) is 12.1 Å². The lowest BCUT2D eigenvalue weighted by atomic mass is 10.0. The summed E-state index contributed by atoms with van der Waals surface area (Å²) in [6.45, 7) is 5.61. The smallest absolute Gasteiger partial charge is 0.129 e. The van der Waals surface area contributed by atoms with Gasteiger partial charge in [-0.25, -0.2) is 4.98 Å². The number of pyridine rings is 1. The number of anilines is 1. The maximum absolute atomic E-state index is 6.04. The fourth-order valence-electron chi connectivity index (χ4n) is 2.50. The predicted molar refractivity (Wildman–Crippen MR) is 74.0 cm³/mol. The summed E-state index contributed by atoms with van der Waals surface area (Å²) in [5, 5.41) is 0.657. The molecule has 0 amide bonds. The molecule has 1 aliphatic heterocycles. The van der Waals surface area contributed by atoms with Crippen LogP contribution in [-0.4, -0.2) is 17.6 Å². The van der Waals surface area contributed by atoms with Crippen molar-refractivity contribution < 1.29 is 0 Å². The number of aromatic nitrogens is 1. The topological polar surface area (TPSA) is 16.1 Å². The molecule has 17 heavy (non-hydrogen) atoms. The molecule has 0 radical (unpaired) electrons. The van der Waals surface area contributed by atoms with E-state index in [1.165, 1.54) is 12.8 Å². The third kappa shape index (κ3) is 2.69. The van der Waals surface area contributed by atoms with E-state index in [9.17, 15) is 0 Å². The van der Waals surface area contributed by atoms with Gasteiger partial charge in [0.1, 0.15) is 5.82 Å². The minimum absolute atomic E-state index is 0.368. The first-order valence-corrected chi connectivity index (χ1v) is 7.02. The number of halogens is 2. The molecule has 1 aliphatic rings. The number of rotatable bonds is 3. The molecule has 1 aromatic heterocycles. The molecular weight excluding hydrogens is 255 g/mol. The normalized spacial score (nSPS) is 20.3. The molecule has 1 aromatic rings. The molecule has 0 bridgehead atoms. The van der Waals surface area contributed by atoms with Crippen LogP contribution in [0.1, 0.15) is 32.4 Å². The van der Waals surface area contributed by atoms with E-state index in [1.807, 2.05) is 12.1 Å². The first kappa shape index (κ1) is 13.0. The molecule has 1 unspecified atom stereocenters. The zero-order chi connectivity index (χ0) is 12.4. The molecule has 0 aromatic carbocycles. The van der Waals surface area contributed by atoms with Crippen LogP contribution in [0.25, 0.3) is 0 Å². The molecule has 0 saturated carbocycles. The van der Waals surface area contributed by atoms with Crippen molar-refractivity contribution in [3.63, 3.8) is 0 Å². The lowest BCUT2D eigenvalue weighted by Gasteiger charge is -2.29. The summed E-state index contributed by atoms with van der Waals surface area (Å²) in [6, 6.07) is 4.49. The second-order valence-corrected chi connectivity index (χ2v) is 5.55. The van der Waals surface area contributed by atoms with Gasteiger partial charge in [0.2, 0.25) is 0 Å². The first-order chi connectivity index (χ1) is 8.13. The lowest BCUT2D eigenvalue weighted by Crippen LogP contribution is -2.34. The fraction of sp³-hybridized carbons (Fsp3) is 0.615. The predicted octanol–water partition coefficient (Wildman–Crippen LogP) is 4.10. The van der Waals surface area contributed by atoms with Gasteiger partial charge in [0, 0.05) is 12.6 Å². The molecule has 1 atom stereocenters. The van der Waals surface area contributed by atoms with Crippen LogP contribution in [0.4, 0.5) is 5.82 Å². The molecule has 1 saturated heterocycles. The van der Waals surface area contributed by atoms with Crippen LogP contribution >= 0.6 is 23.2 Å². The van der Waals surface area contributed by atoms with Gasteiger partial charge in [-0.3, -0.25) is 0 Å². The highest BCUT2D eigenvalue weighted by molar-refractivity contribution is 6.32. The van der Waals surface area contributed by atoms with Crippen molar-refractivity contribution in [1.82, 2.24) is 4.98 Å². The molecule has 0 spiro atoms. The molecule has 94 valence electrons. The third-order valence-corrected chi connectivity index (χ3v) is 3.99. The highest BCUT2D eigenvalue weighted by Gasteiger charge is 2.28. The maximum atomic E-state index is 6.04. The second kappa shape index (κ2) is 5.45. The average molecular weight is 273 g/mol. The Morgan fingerprint density at radius 1 is 1.47 bits per heavy atom. The number of alkyl halides is 1. The van der Waals surface area contributed by atoms with E-state index >= 15 is 0 Å². The minimum atomic E-state index is 0.368. The summed E-state index contributed by atoms with van der Waals surface area (Å²) in [5.41, 5.74) is 0.778. The van der Waals surface area contributed by atoms with E-state index in [0.717, 1.165) is 18.1 Å². The van der Waals surface area contributed by atoms with Crippen LogP contribution in [-0.2, 0) is 5.88 Å². The van der Waals surface area contributed by atoms with Gasteiger partial charge in [0.05, 0.1) is 16.6 Å². The number of hydrogen-bond acceptors (Lipinski definition) is 2. The van der Waals surface area contributed by atoms with Crippen molar-refractivity contribution in [3.05, 3.63) is 22.8 Å². The van der Waals surface area contributed by atoms with E-state index in [2.05, 4.69) is 23.7 Å². The molecule has 2 heterocycles. The molecular formula is C13H18Cl2N2. The van der Waals surface area contributed by atoms with Crippen LogP contribution < -0.4 is 4.90 Å². The van der Waals surface area contributed by atoms with Gasteiger partial charge in [0.25, 0.3) is 0 Å². The Balaban J connectivity index is 2.27. The Labute approximate surface area is 113 Å². The van der Waals surface area contributed by atoms with Gasteiger partial charge in [-0.05, 0) is 30.9 Å². The Morgan fingerprint density at radius 2 is 2.24 bits per heavy atom. The average Bonchev–Trinajstić information content (AvgIpc) is 2.78. The van der Waals surface area contributed by atoms with Crippen LogP contribution in [0.5, 0.6) is 0 Å². The standard InChI is InChI=1S/C13H18Cl2N2/c1-9(2)12-4-3-7-17(12)13-6-5-10(15)11(8-14)16-13/h5-6,9,12H,3-4,7-8H2,1-2H3. The summed E-state index contributed by atoms with van der Waals surface area (Å²) >= 11 is 11.9. The Kier molecular flexibility index (Phi) is 4.16. The number of nitrogens with zero attached hydrogens (tertiary/aromatic N) is 2. The highest BCUT2D eigenvalue weighted by Crippen LogP contribution is 2.30. The third-order valence-electron chi connectivity index (χ3n) is 3.39. The maximum Gasteiger partial charge on any atom is 0.129 e. The second-order valence-electron chi connectivity index (χ2n) is 4.88. The van der Waals surface area contributed by atoms with Crippen molar-refractivity contribution in [2.45, 2.75) is 38.6 Å². The monoisotopic (exact) mass is 272 g/mol. The van der Waals surface area contributed by atoms with E-state index in [4.69, 9.17) is 23.2 Å². The summed E-state index contributed by atoms with van der Waals surface area (Å²) in [6.07, 6.45) is 2.49. The molecule has 2 nitrogen and oxygen atoms in total. The highest BCUT2D eigenvalue weighted by atomic mass is 35.5. The molecule has 1 fully saturated rings. The Hall–Kier alpha value is -0.470. The van der Waals surface area contributed by atoms with Gasteiger partial charge in [-0.1, -0.05) is 25.4 Å². The zero-order valence-electron chi connectivity index (χ0n) is 10.3. The summed E-state index contributed by atoms with van der Waals surface area (Å²) in [7, 11) is 0. The Bertz CT molecular complexity index is 393. The fourth-order valence-corrected chi connectivity index (χ4v) is 2.94.